The van der Waals surface area contributed by atoms with Gasteiger partial charge in [-0.25, -0.2) is 9.50 Å². The Morgan fingerprint density at radius 3 is 2.85 bits per heavy atom. The Labute approximate surface area is 76.4 Å². The molecule has 0 saturated carbocycles. The SMILES string of the molecule is CC(C)c1cn2nc(N)ccc2n1. The van der Waals surface area contributed by atoms with Gasteiger partial charge >= 0.3 is 0 Å². The van der Waals surface area contributed by atoms with E-state index in [-0.39, 0.29) is 0 Å². The molecule has 2 heterocycles. The van der Waals surface area contributed by atoms with Crippen molar-refractivity contribution >= 4 is 11.5 Å². The van der Waals surface area contributed by atoms with Crippen molar-refractivity contribution in [1.29, 1.82) is 0 Å². The van der Waals surface area contributed by atoms with Crippen LogP contribution < -0.4 is 5.73 Å². The van der Waals surface area contributed by atoms with Crippen LogP contribution in [0, 0.1) is 0 Å². The van der Waals surface area contributed by atoms with E-state index in [1.807, 2.05) is 12.3 Å². The van der Waals surface area contributed by atoms with Gasteiger partial charge in [-0.1, -0.05) is 13.8 Å². The van der Waals surface area contributed by atoms with Gasteiger partial charge in [-0.3, -0.25) is 0 Å². The smallest absolute Gasteiger partial charge is 0.153 e. The maximum absolute atomic E-state index is 5.55. The third kappa shape index (κ3) is 1.35. The number of hydrogen-bond acceptors (Lipinski definition) is 3. The average molecular weight is 176 g/mol. The van der Waals surface area contributed by atoms with E-state index < -0.39 is 0 Å². The Hall–Kier alpha value is -1.58. The number of imidazole rings is 1. The first-order valence-electron chi connectivity index (χ1n) is 4.28. The molecular weight excluding hydrogens is 164 g/mol. The number of rotatable bonds is 1. The van der Waals surface area contributed by atoms with Crippen LogP contribution in [0.1, 0.15) is 25.5 Å². The van der Waals surface area contributed by atoms with Crippen molar-refractivity contribution in [1.82, 2.24) is 14.6 Å². The molecule has 2 aromatic heterocycles. The summed E-state index contributed by atoms with van der Waals surface area (Å²) in [4.78, 5) is 4.40. The second kappa shape index (κ2) is 2.73. The van der Waals surface area contributed by atoms with Crippen LogP contribution in [0.2, 0.25) is 0 Å². The number of aromatic nitrogens is 3. The summed E-state index contributed by atoms with van der Waals surface area (Å²) in [5.41, 5.74) is 7.43. The van der Waals surface area contributed by atoms with Gasteiger partial charge in [-0.15, -0.1) is 5.10 Å². The van der Waals surface area contributed by atoms with Crippen molar-refractivity contribution in [2.75, 3.05) is 5.73 Å². The van der Waals surface area contributed by atoms with Gasteiger partial charge in [0.05, 0.1) is 11.9 Å². The zero-order valence-corrected chi connectivity index (χ0v) is 7.73. The highest BCUT2D eigenvalue weighted by molar-refractivity contribution is 5.43. The van der Waals surface area contributed by atoms with E-state index in [2.05, 4.69) is 23.9 Å². The number of fused-ring (bicyclic) bond motifs is 1. The quantitative estimate of drug-likeness (QED) is 0.715. The average Bonchev–Trinajstić information content (AvgIpc) is 2.46. The molecule has 13 heavy (non-hydrogen) atoms. The fraction of sp³-hybridized carbons (Fsp3) is 0.333. The van der Waals surface area contributed by atoms with Gasteiger partial charge in [0.15, 0.2) is 5.65 Å². The lowest BCUT2D eigenvalue weighted by Gasteiger charge is -1.94. The third-order valence-electron chi connectivity index (χ3n) is 1.95. The predicted molar refractivity (Wildman–Crippen MR) is 51.5 cm³/mol. The monoisotopic (exact) mass is 176 g/mol. The standard InChI is InChI=1S/C9H12N4/c1-6(2)7-5-13-9(11-7)4-3-8(10)12-13/h3-6H,1-2H3,(H2,10,12). The van der Waals surface area contributed by atoms with Gasteiger partial charge in [0.1, 0.15) is 5.82 Å². The molecule has 0 amide bonds. The highest BCUT2D eigenvalue weighted by Crippen LogP contribution is 2.13. The number of hydrogen-bond donors (Lipinski definition) is 1. The number of nitrogens with zero attached hydrogens (tertiary/aromatic N) is 3. The Morgan fingerprint density at radius 1 is 1.38 bits per heavy atom. The van der Waals surface area contributed by atoms with Gasteiger partial charge in [0.25, 0.3) is 0 Å². The zero-order chi connectivity index (χ0) is 9.42. The van der Waals surface area contributed by atoms with Crippen LogP contribution in [-0.2, 0) is 0 Å². The summed E-state index contributed by atoms with van der Waals surface area (Å²) in [5, 5.41) is 4.11. The fourth-order valence-corrected chi connectivity index (χ4v) is 1.19. The summed E-state index contributed by atoms with van der Waals surface area (Å²) < 4.78 is 1.71. The molecule has 0 fully saturated rings. The van der Waals surface area contributed by atoms with Crippen LogP contribution in [0.5, 0.6) is 0 Å². The van der Waals surface area contributed by atoms with E-state index in [9.17, 15) is 0 Å². The minimum atomic E-state index is 0.419. The molecule has 2 N–H and O–H groups in total. The minimum Gasteiger partial charge on any atom is -0.382 e. The summed E-state index contributed by atoms with van der Waals surface area (Å²) in [6.07, 6.45) is 1.91. The van der Waals surface area contributed by atoms with Crippen LogP contribution in [0.3, 0.4) is 0 Å². The first kappa shape index (κ1) is 8.04. The first-order valence-corrected chi connectivity index (χ1v) is 4.28. The molecule has 0 aliphatic carbocycles. The van der Waals surface area contributed by atoms with Crippen molar-refractivity contribution < 1.29 is 0 Å². The fourth-order valence-electron chi connectivity index (χ4n) is 1.19. The Morgan fingerprint density at radius 2 is 2.15 bits per heavy atom. The van der Waals surface area contributed by atoms with E-state index in [4.69, 9.17) is 5.73 Å². The topological polar surface area (TPSA) is 56.2 Å². The summed E-state index contributed by atoms with van der Waals surface area (Å²) in [7, 11) is 0. The van der Waals surface area contributed by atoms with Crippen molar-refractivity contribution in [2.45, 2.75) is 19.8 Å². The molecule has 4 heteroatoms. The normalized spacial score (nSPS) is 11.3. The maximum atomic E-state index is 5.55. The summed E-state index contributed by atoms with van der Waals surface area (Å²) >= 11 is 0. The summed E-state index contributed by atoms with van der Waals surface area (Å²) in [5.74, 6) is 0.933. The second-order valence-electron chi connectivity index (χ2n) is 3.38. The van der Waals surface area contributed by atoms with Crippen molar-refractivity contribution in [3.63, 3.8) is 0 Å². The van der Waals surface area contributed by atoms with Crippen molar-refractivity contribution in [3.8, 4) is 0 Å². The number of nitrogen functional groups attached to an aromatic ring is 1. The Bertz CT molecular complexity index is 430. The minimum absolute atomic E-state index is 0.419. The van der Waals surface area contributed by atoms with Gasteiger partial charge < -0.3 is 5.73 Å². The van der Waals surface area contributed by atoms with Crippen LogP contribution in [-0.4, -0.2) is 14.6 Å². The Balaban J connectivity index is 2.62. The molecule has 0 aliphatic rings. The van der Waals surface area contributed by atoms with Crippen LogP contribution in [0.25, 0.3) is 5.65 Å². The number of nitrogens with two attached hydrogens (primary N) is 1. The molecule has 0 saturated heterocycles. The van der Waals surface area contributed by atoms with Crippen LogP contribution in [0.4, 0.5) is 5.82 Å². The molecule has 0 aromatic carbocycles. The summed E-state index contributed by atoms with van der Waals surface area (Å²) in [6, 6.07) is 3.63. The van der Waals surface area contributed by atoms with Gasteiger partial charge in [-0.05, 0) is 18.1 Å². The molecular formula is C9H12N4. The lowest BCUT2D eigenvalue weighted by atomic mass is 10.2. The van der Waals surface area contributed by atoms with Gasteiger partial charge in [0.2, 0.25) is 0 Å². The first-order chi connectivity index (χ1) is 6.16. The van der Waals surface area contributed by atoms with E-state index in [0.717, 1.165) is 11.3 Å². The molecule has 0 radical (unpaired) electrons. The molecule has 0 spiro atoms. The zero-order valence-electron chi connectivity index (χ0n) is 7.73. The molecule has 0 atom stereocenters. The van der Waals surface area contributed by atoms with Crippen molar-refractivity contribution in [3.05, 3.63) is 24.0 Å². The molecule has 2 aromatic rings. The molecule has 4 nitrogen and oxygen atoms in total. The highest BCUT2D eigenvalue weighted by Gasteiger charge is 2.05. The summed E-state index contributed by atoms with van der Waals surface area (Å²) in [6.45, 7) is 4.20. The van der Waals surface area contributed by atoms with Crippen LogP contribution >= 0.6 is 0 Å². The van der Waals surface area contributed by atoms with Gasteiger partial charge in [0, 0.05) is 0 Å². The lowest BCUT2D eigenvalue weighted by molar-refractivity contribution is 0.830. The third-order valence-corrected chi connectivity index (χ3v) is 1.95. The Kier molecular flexibility index (Phi) is 1.69. The molecule has 0 aliphatic heterocycles. The lowest BCUT2D eigenvalue weighted by Crippen LogP contribution is -1.95. The van der Waals surface area contributed by atoms with E-state index in [1.54, 1.807) is 10.6 Å². The predicted octanol–water partition coefficient (Wildman–Crippen LogP) is 1.43. The maximum Gasteiger partial charge on any atom is 0.153 e. The molecule has 2 rings (SSSR count). The molecule has 0 bridgehead atoms. The van der Waals surface area contributed by atoms with Gasteiger partial charge in [-0.2, -0.15) is 0 Å². The second-order valence-corrected chi connectivity index (χ2v) is 3.38. The molecule has 68 valence electrons. The highest BCUT2D eigenvalue weighted by atomic mass is 15.3. The van der Waals surface area contributed by atoms with E-state index in [1.165, 1.54) is 0 Å². The van der Waals surface area contributed by atoms with E-state index in [0.29, 0.717) is 11.7 Å². The molecule has 0 unspecified atom stereocenters. The van der Waals surface area contributed by atoms with E-state index >= 15 is 0 Å². The van der Waals surface area contributed by atoms with Crippen molar-refractivity contribution in [2.24, 2.45) is 0 Å². The number of anilines is 1. The largest absolute Gasteiger partial charge is 0.382 e. The van der Waals surface area contributed by atoms with Crippen LogP contribution in [0.15, 0.2) is 18.3 Å².